The van der Waals surface area contributed by atoms with Gasteiger partial charge in [0, 0.05) is 17.1 Å². The molecule has 30 heavy (non-hydrogen) atoms. The van der Waals surface area contributed by atoms with Crippen LogP contribution in [0.4, 0.5) is 4.39 Å². The SMILES string of the molecule is NS(=O)(=O)c1ccc(C2(c3ccc(Cl)cc3)NCC(O)(c3cccc(F)c3)N2)cc1. The number of nitrogens with one attached hydrogen (secondary N) is 2. The standard InChI is InChI=1S/C21H19ClFN3O3S/c22-17-8-4-14(5-9-17)21(15-6-10-19(11-7-15)30(24,28)29)25-13-20(27,26-21)16-2-1-3-18(23)12-16/h1-12,25-27H,13H2,(H2,24,28,29). The summed E-state index contributed by atoms with van der Waals surface area (Å²) in [7, 11) is -3.85. The third-order valence-electron chi connectivity index (χ3n) is 5.20. The number of nitrogens with two attached hydrogens (primary N) is 1. The van der Waals surface area contributed by atoms with Crippen molar-refractivity contribution in [2.45, 2.75) is 16.3 Å². The Hall–Kier alpha value is -2.33. The topological polar surface area (TPSA) is 104 Å². The molecular formula is C21H19ClFN3O3S. The molecule has 156 valence electrons. The lowest BCUT2D eigenvalue weighted by Gasteiger charge is -2.34. The summed E-state index contributed by atoms with van der Waals surface area (Å²) in [5, 5.41) is 23.5. The van der Waals surface area contributed by atoms with E-state index in [0.29, 0.717) is 16.1 Å². The van der Waals surface area contributed by atoms with Gasteiger partial charge in [-0.25, -0.2) is 17.9 Å². The second-order valence-corrected chi connectivity index (χ2v) is 9.17. The van der Waals surface area contributed by atoms with Crippen LogP contribution in [0.1, 0.15) is 16.7 Å². The van der Waals surface area contributed by atoms with Crippen molar-refractivity contribution in [3.63, 3.8) is 0 Å². The first-order chi connectivity index (χ1) is 14.1. The molecule has 9 heteroatoms. The molecule has 1 aliphatic heterocycles. The average molecular weight is 448 g/mol. The van der Waals surface area contributed by atoms with E-state index in [-0.39, 0.29) is 11.4 Å². The Labute approximate surface area is 178 Å². The number of halogens is 2. The van der Waals surface area contributed by atoms with Crippen molar-refractivity contribution in [2.75, 3.05) is 6.54 Å². The van der Waals surface area contributed by atoms with Gasteiger partial charge in [-0.3, -0.25) is 10.6 Å². The Morgan fingerprint density at radius 1 is 0.967 bits per heavy atom. The summed E-state index contributed by atoms with van der Waals surface area (Å²) in [6.45, 7) is 0.0655. The minimum atomic E-state index is -3.85. The third-order valence-corrected chi connectivity index (χ3v) is 6.38. The van der Waals surface area contributed by atoms with Crippen LogP contribution in [0, 0.1) is 5.82 Å². The summed E-state index contributed by atoms with van der Waals surface area (Å²) < 4.78 is 37.0. The minimum Gasteiger partial charge on any atom is -0.370 e. The fraction of sp³-hybridized carbons (Fsp3) is 0.143. The number of sulfonamides is 1. The van der Waals surface area contributed by atoms with Gasteiger partial charge >= 0.3 is 0 Å². The first-order valence-corrected chi connectivity index (χ1v) is 11.0. The van der Waals surface area contributed by atoms with Crippen molar-refractivity contribution >= 4 is 21.6 Å². The van der Waals surface area contributed by atoms with Crippen LogP contribution in [0.2, 0.25) is 5.02 Å². The maximum atomic E-state index is 13.8. The van der Waals surface area contributed by atoms with E-state index in [2.05, 4.69) is 10.6 Å². The molecule has 3 aromatic rings. The Morgan fingerprint density at radius 3 is 2.13 bits per heavy atom. The highest BCUT2D eigenvalue weighted by molar-refractivity contribution is 7.89. The number of hydrogen-bond donors (Lipinski definition) is 4. The summed E-state index contributed by atoms with van der Waals surface area (Å²) in [5.41, 5.74) is -0.970. The molecule has 3 aromatic carbocycles. The zero-order valence-electron chi connectivity index (χ0n) is 15.6. The molecule has 0 aliphatic carbocycles. The van der Waals surface area contributed by atoms with E-state index in [4.69, 9.17) is 16.7 Å². The second-order valence-electron chi connectivity index (χ2n) is 7.18. The number of β-amino-alcohol motifs (C(OH)–C–C–N with tert-alkyl or cyclic N) is 1. The second kappa shape index (κ2) is 7.42. The maximum absolute atomic E-state index is 13.8. The predicted molar refractivity (Wildman–Crippen MR) is 111 cm³/mol. The smallest absolute Gasteiger partial charge is 0.238 e. The number of primary sulfonamides is 1. The normalized spacial score (nSPS) is 24.1. The van der Waals surface area contributed by atoms with Crippen molar-refractivity contribution in [2.24, 2.45) is 5.14 Å². The van der Waals surface area contributed by atoms with Crippen LogP contribution in [0.15, 0.2) is 77.7 Å². The lowest BCUT2D eigenvalue weighted by Crippen LogP contribution is -2.51. The quantitative estimate of drug-likeness (QED) is 0.491. The molecule has 2 atom stereocenters. The first-order valence-electron chi connectivity index (χ1n) is 9.05. The fourth-order valence-electron chi connectivity index (χ4n) is 3.69. The Morgan fingerprint density at radius 2 is 1.57 bits per heavy atom. The molecule has 1 aliphatic rings. The van der Waals surface area contributed by atoms with Gasteiger partial charge in [-0.2, -0.15) is 0 Å². The summed E-state index contributed by atoms with van der Waals surface area (Å²) >= 11 is 6.04. The Bertz CT molecular complexity index is 1190. The lowest BCUT2D eigenvalue weighted by molar-refractivity contribution is 0.0218. The molecule has 0 amide bonds. The molecule has 1 saturated heterocycles. The number of hydrogen-bond acceptors (Lipinski definition) is 5. The molecule has 0 radical (unpaired) electrons. The van der Waals surface area contributed by atoms with Gasteiger partial charge in [-0.05, 0) is 47.5 Å². The molecule has 1 heterocycles. The molecule has 6 nitrogen and oxygen atoms in total. The highest BCUT2D eigenvalue weighted by Gasteiger charge is 2.49. The predicted octanol–water partition coefficient (Wildman–Crippen LogP) is 2.37. The molecule has 5 N–H and O–H groups in total. The minimum absolute atomic E-state index is 0.0316. The van der Waals surface area contributed by atoms with Crippen LogP contribution in [-0.2, 0) is 21.4 Å². The van der Waals surface area contributed by atoms with Crippen LogP contribution in [-0.4, -0.2) is 20.1 Å². The Kier molecular flexibility index (Phi) is 5.17. The van der Waals surface area contributed by atoms with Gasteiger partial charge < -0.3 is 5.11 Å². The summed E-state index contributed by atoms with van der Waals surface area (Å²) in [6.07, 6.45) is 0. The van der Waals surface area contributed by atoms with Crippen molar-refractivity contribution in [1.29, 1.82) is 0 Å². The van der Waals surface area contributed by atoms with E-state index in [1.807, 2.05) is 0 Å². The first kappa shape index (κ1) is 20.9. The highest BCUT2D eigenvalue weighted by Crippen LogP contribution is 2.37. The van der Waals surface area contributed by atoms with Crippen molar-refractivity contribution in [3.05, 3.63) is 100 Å². The summed E-state index contributed by atoms with van der Waals surface area (Å²) in [4.78, 5) is -0.0316. The van der Waals surface area contributed by atoms with Crippen molar-refractivity contribution in [3.8, 4) is 0 Å². The van der Waals surface area contributed by atoms with Gasteiger partial charge in [-0.1, -0.05) is 48.0 Å². The van der Waals surface area contributed by atoms with Gasteiger partial charge in [0.25, 0.3) is 0 Å². The zero-order chi connectivity index (χ0) is 21.6. The van der Waals surface area contributed by atoms with Crippen LogP contribution < -0.4 is 15.8 Å². The van der Waals surface area contributed by atoms with E-state index in [1.165, 1.54) is 30.3 Å². The van der Waals surface area contributed by atoms with E-state index < -0.39 is 27.2 Å². The lowest BCUT2D eigenvalue weighted by atomic mass is 9.91. The average Bonchev–Trinajstić information content (AvgIpc) is 3.08. The number of benzene rings is 3. The van der Waals surface area contributed by atoms with E-state index in [9.17, 15) is 17.9 Å². The number of rotatable bonds is 4. The maximum Gasteiger partial charge on any atom is 0.238 e. The number of aliphatic hydroxyl groups is 1. The fourth-order valence-corrected chi connectivity index (χ4v) is 4.33. The van der Waals surface area contributed by atoms with E-state index in [1.54, 1.807) is 42.5 Å². The Balaban J connectivity index is 1.83. The van der Waals surface area contributed by atoms with E-state index in [0.717, 1.165) is 5.56 Å². The van der Waals surface area contributed by atoms with Crippen LogP contribution in [0.3, 0.4) is 0 Å². The van der Waals surface area contributed by atoms with Crippen molar-refractivity contribution in [1.82, 2.24) is 10.6 Å². The molecule has 0 spiro atoms. The summed E-state index contributed by atoms with van der Waals surface area (Å²) in [5.74, 6) is -0.468. The molecule has 4 rings (SSSR count). The third kappa shape index (κ3) is 3.74. The van der Waals surface area contributed by atoms with Gasteiger partial charge in [0.2, 0.25) is 10.0 Å². The highest BCUT2D eigenvalue weighted by atomic mass is 35.5. The van der Waals surface area contributed by atoms with Gasteiger partial charge in [0.1, 0.15) is 11.5 Å². The molecule has 0 bridgehead atoms. The molecular weight excluding hydrogens is 429 g/mol. The van der Waals surface area contributed by atoms with Gasteiger partial charge in [0.05, 0.1) is 4.90 Å². The van der Waals surface area contributed by atoms with Crippen LogP contribution in [0.5, 0.6) is 0 Å². The largest absolute Gasteiger partial charge is 0.370 e. The molecule has 0 saturated carbocycles. The van der Waals surface area contributed by atoms with Crippen LogP contribution in [0.25, 0.3) is 0 Å². The zero-order valence-corrected chi connectivity index (χ0v) is 17.2. The van der Waals surface area contributed by atoms with Crippen molar-refractivity contribution < 1.29 is 17.9 Å². The molecule has 1 fully saturated rings. The molecule has 0 aromatic heterocycles. The van der Waals surface area contributed by atoms with Gasteiger partial charge in [-0.15, -0.1) is 0 Å². The molecule has 2 unspecified atom stereocenters. The van der Waals surface area contributed by atoms with E-state index >= 15 is 0 Å². The monoisotopic (exact) mass is 447 g/mol. The van der Waals surface area contributed by atoms with Crippen LogP contribution >= 0.6 is 11.6 Å². The summed E-state index contributed by atoms with van der Waals surface area (Å²) in [6, 6.07) is 18.7. The van der Waals surface area contributed by atoms with Gasteiger partial charge in [0.15, 0.2) is 5.72 Å².